The lowest BCUT2D eigenvalue weighted by Crippen LogP contribution is -2.07. The quantitative estimate of drug-likeness (QED) is 0.696. The highest BCUT2D eigenvalue weighted by Crippen LogP contribution is 2.08. The zero-order valence-corrected chi connectivity index (χ0v) is 7.08. The predicted octanol–water partition coefficient (Wildman–Crippen LogP) is -0.0802. The van der Waals surface area contributed by atoms with Gasteiger partial charge in [0, 0.05) is 0 Å². The molecule has 0 fully saturated rings. The number of rotatable bonds is 2. The van der Waals surface area contributed by atoms with Gasteiger partial charge in [-0.15, -0.1) is 10.2 Å². The SMILES string of the molecule is O=C(O)c1cccc2nnc(CO)n12. The van der Waals surface area contributed by atoms with E-state index in [0.29, 0.717) is 5.65 Å². The molecule has 0 unspecified atom stereocenters. The van der Waals surface area contributed by atoms with E-state index in [2.05, 4.69) is 10.2 Å². The Morgan fingerprint density at radius 2 is 2.21 bits per heavy atom. The summed E-state index contributed by atoms with van der Waals surface area (Å²) in [6.07, 6.45) is 0. The average Bonchev–Trinajstić information content (AvgIpc) is 2.59. The Bertz CT molecular complexity index is 492. The third-order valence-corrected chi connectivity index (χ3v) is 1.86. The summed E-state index contributed by atoms with van der Waals surface area (Å²) >= 11 is 0. The fourth-order valence-electron chi connectivity index (χ4n) is 1.27. The monoisotopic (exact) mass is 193 g/mol. The number of fused-ring (bicyclic) bond motifs is 1. The molecule has 2 N–H and O–H groups in total. The highest BCUT2D eigenvalue weighted by molar-refractivity contribution is 5.86. The molecule has 2 heterocycles. The van der Waals surface area contributed by atoms with Crippen LogP contribution < -0.4 is 0 Å². The Balaban J connectivity index is 2.81. The molecule has 72 valence electrons. The minimum atomic E-state index is -1.08. The Kier molecular flexibility index (Phi) is 1.90. The minimum absolute atomic E-state index is 0.0385. The largest absolute Gasteiger partial charge is 0.477 e. The van der Waals surface area contributed by atoms with Gasteiger partial charge >= 0.3 is 5.97 Å². The molecule has 0 atom stereocenters. The number of carboxylic acids is 1. The Morgan fingerprint density at radius 3 is 2.86 bits per heavy atom. The van der Waals surface area contributed by atoms with Crippen LogP contribution in [0.2, 0.25) is 0 Å². The van der Waals surface area contributed by atoms with E-state index in [1.807, 2.05) is 0 Å². The Hall–Kier alpha value is -1.95. The minimum Gasteiger partial charge on any atom is -0.477 e. The number of aliphatic hydroxyl groups excluding tert-OH is 1. The second-order valence-electron chi connectivity index (χ2n) is 2.68. The van der Waals surface area contributed by atoms with Gasteiger partial charge < -0.3 is 10.2 Å². The molecule has 6 heteroatoms. The van der Waals surface area contributed by atoms with Crippen molar-refractivity contribution in [3.63, 3.8) is 0 Å². The molecule has 6 nitrogen and oxygen atoms in total. The first-order valence-electron chi connectivity index (χ1n) is 3.91. The smallest absolute Gasteiger partial charge is 0.352 e. The lowest BCUT2D eigenvalue weighted by atomic mass is 10.3. The zero-order valence-electron chi connectivity index (χ0n) is 7.08. The molecule has 0 bridgehead atoms. The molecule has 0 saturated heterocycles. The van der Waals surface area contributed by atoms with Crippen LogP contribution in [0.15, 0.2) is 18.2 Å². The average molecular weight is 193 g/mol. The lowest BCUT2D eigenvalue weighted by molar-refractivity contribution is 0.0688. The fourth-order valence-corrected chi connectivity index (χ4v) is 1.27. The molecule has 0 amide bonds. The molecule has 14 heavy (non-hydrogen) atoms. The van der Waals surface area contributed by atoms with Crippen molar-refractivity contribution < 1.29 is 15.0 Å². The van der Waals surface area contributed by atoms with E-state index in [-0.39, 0.29) is 18.1 Å². The van der Waals surface area contributed by atoms with E-state index >= 15 is 0 Å². The second-order valence-corrected chi connectivity index (χ2v) is 2.68. The third kappa shape index (κ3) is 1.12. The summed E-state index contributed by atoms with van der Waals surface area (Å²) in [7, 11) is 0. The zero-order chi connectivity index (χ0) is 10.1. The van der Waals surface area contributed by atoms with E-state index in [9.17, 15) is 4.79 Å². The molecule has 0 radical (unpaired) electrons. The maximum atomic E-state index is 10.8. The van der Waals surface area contributed by atoms with Crippen molar-refractivity contribution >= 4 is 11.6 Å². The van der Waals surface area contributed by atoms with Gasteiger partial charge in [-0.3, -0.25) is 4.40 Å². The van der Waals surface area contributed by atoms with Crippen molar-refractivity contribution in [3.8, 4) is 0 Å². The molecule has 2 aromatic heterocycles. The topological polar surface area (TPSA) is 87.7 Å². The molecule has 2 aromatic rings. The number of pyridine rings is 1. The van der Waals surface area contributed by atoms with E-state index < -0.39 is 5.97 Å². The molecule has 0 aromatic carbocycles. The number of nitrogens with zero attached hydrogens (tertiary/aromatic N) is 3. The van der Waals surface area contributed by atoms with Gasteiger partial charge in [-0.2, -0.15) is 0 Å². The van der Waals surface area contributed by atoms with Crippen LogP contribution in [0, 0.1) is 0 Å². The second kappa shape index (κ2) is 3.08. The first-order valence-corrected chi connectivity index (χ1v) is 3.91. The van der Waals surface area contributed by atoms with Crippen molar-refractivity contribution in [2.24, 2.45) is 0 Å². The van der Waals surface area contributed by atoms with Crippen LogP contribution in [0.5, 0.6) is 0 Å². The van der Waals surface area contributed by atoms with Crippen molar-refractivity contribution in [2.75, 3.05) is 0 Å². The Morgan fingerprint density at radius 1 is 1.43 bits per heavy atom. The molecular formula is C8H7N3O3. The summed E-state index contributed by atoms with van der Waals surface area (Å²) in [6, 6.07) is 4.63. The van der Waals surface area contributed by atoms with Gasteiger partial charge in [-0.05, 0) is 12.1 Å². The summed E-state index contributed by atoms with van der Waals surface area (Å²) in [5, 5.41) is 25.2. The van der Waals surface area contributed by atoms with Crippen LogP contribution in [0.25, 0.3) is 5.65 Å². The number of carbonyl (C=O) groups is 1. The predicted molar refractivity (Wildman–Crippen MR) is 45.9 cm³/mol. The van der Waals surface area contributed by atoms with Gasteiger partial charge in [-0.25, -0.2) is 4.79 Å². The van der Waals surface area contributed by atoms with Crippen LogP contribution >= 0.6 is 0 Å². The van der Waals surface area contributed by atoms with Crippen molar-refractivity contribution in [2.45, 2.75) is 6.61 Å². The van der Waals surface area contributed by atoms with Gasteiger partial charge in [0.2, 0.25) is 0 Å². The highest BCUT2D eigenvalue weighted by Gasteiger charge is 2.12. The summed E-state index contributed by atoms with van der Waals surface area (Å²) in [6.45, 7) is -0.342. The lowest BCUT2D eigenvalue weighted by Gasteiger charge is -2.00. The van der Waals surface area contributed by atoms with Crippen molar-refractivity contribution in [1.29, 1.82) is 0 Å². The molecule has 0 aliphatic heterocycles. The summed E-state index contributed by atoms with van der Waals surface area (Å²) < 4.78 is 1.31. The first kappa shape index (κ1) is 8.64. The van der Waals surface area contributed by atoms with Gasteiger partial charge in [0.15, 0.2) is 11.5 Å². The van der Waals surface area contributed by atoms with Gasteiger partial charge in [0.25, 0.3) is 0 Å². The molecule has 0 saturated carbocycles. The van der Waals surface area contributed by atoms with Crippen molar-refractivity contribution in [3.05, 3.63) is 29.7 Å². The van der Waals surface area contributed by atoms with Crippen LogP contribution in [-0.4, -0.2) is 30.8 Å². The van der Waals surface area contributed by atoms with Crippen LogP contribution in [0.4, 0.5) is 0 Å². The van der Waals surface area contributed by atoms with Gasteiger partial charge in [0.1, 0.15) is 12.3 Å². The van der Waals surface area contributed by atoms with Gasteiger partial charge in [-0.1, -0.05) is 6.07 Å². The summed E-state index contributed by atoms with van der Waals surface area (Å²) in [5.41, 5.74) is 0.450. The van der Waals surface area contributed by atoms with Crippen LogP contribution in [0.3, 0.4) is 0 Å². The maximum absolute atomic E-state index is 10.8. The number of aromatic carboxylic acids is 1. The molecule has 2 rings (SSSR count). The van der Waals surface area contributed by atoms with Crippen LogP contribution in [-0.2, 0) is 6.61 Å². The maximum Gasteiger partial charge on any atom is 0.352 e. The van der Waals surface area contributed by atoms with Crippen molar-refractivity contribution in [1.82, 2.24) is 14.6 Å². The van der Waals surface area contributed by atoms with E-state index in [0.717, 1.165) is 0 Å². The number of hydrogen-bond acceptors (Lipinski definition) is 4. The highest BCUT2D eigenvalue weighted by atomic mass is 16.4. The van der Waals surface area contributed by atoms with Gasteiger partial charge in [0.05, 0.1) is 0 Å². The standard InChI is InChI=1S/C8H7N3O3/c12-4-7-10-9-6-3-1-2-5(8(13)14)11(6)7/h1-3,12H,4H2,(H,13,14). The van der Waals surface area contributed by atoms with E-state index in [4.69, 9.17) is 10.2 Å². The van der Waals surface area contributed by atoms with E-state index in [1.165, 1.54) is 10.5 Å². The normalized spacial score (nSPS) is 10.6. The Labute approximate surface area is 78.4 Å². The first-order chi connectivity index (χ1) is 6.74. The number of hydrogen-bond donors (Lipinski definition) is 2. The van der Waals surface area contributed by atoms with E-state index in [1.54, 1.807) is 12.1 Å². The van der Waals surface area contributed by atoms with Crippen LogP contribution in [0.1, 0.15) is 16.3 Å². The molecule has 0 aliphatic rings. The third-order valence-electron chi connectivity index (χ3n) is 1.86. The molecular weight excluding hydrogens is 186 g/mol. The number of carboxylic acid groups (broad SMARTS) is 1. The molecule has 0 spiro atoms. The summed E-state index contributed by atoms with van der Waals surface area (Å²) in [4.78, 5) is 10.8. The summed E-state index contributed by atoms with van der Waals surface area (Å²) in [5.74, 6) is -0.858. The fraction of sp³-hybridized carbons (Fsp3) is 0.125. The molecule has 0 aliphatic carbocycles. The number of aromatic nitrogens is 3. The number of aliphatic hydroxyl groups is 1.